The van der Waals surface area contributed by atoms with Crippen molar-refractivity contribution in [2.24, 2.45) is 0 Å². The van der Waals surface area contributed by atoms with Crippen molar-refractivity contribution in [1.29, 1.82) is 0 Å². The van der Waals surface area contributed by atoms with Gasteiger partial charge in [0.15, 0.2) is 0 Å². The first-order valence-electron chi connectivity index (χ1n) is 7.04. The van der Waals surface area contributed by atoms with Crippen molar-refractivity contribution in [2.75, 3.05) is 13.1 Å². The Morgan fingerprint density at radius 1 is 1.05 bits per heavy atom. The molecule has 0 heterocycles. The molecule has 0 fully saturated rings. The summed E-state index contributed by atoms with van der Waals surface area (Å²) in [4.78, 5) is 0. The molecule has 0 amide bonds. The highest BCUT2D eigenvalue weighted by Gasteiger charge is 2.13. The van der Waals surface area contributed by atoms with Gasteiger partial charge < -0.3 is 10.4 Å². The van der Waals surface area contributed by atoms with Crippen LogP contribution in [0.25, 0.3) is 0 Å². The Kier molecular flexibility index (Phi) is 5.84. The van der Waals surface area contributed by atoms with Gasteiger partial charge in [0.1, 0.15) is 11.6 Å². The van der Waals surface area contributed by atoms with E-state index in [0.29, 0.717) is 6.54 Å². The average Bonchev–Trinajstić information content (AvgIpc) is 2.50. The molecule has 0 spiro atoms. The van der Waals surface area contributed by atoms with Crippen molar-refractivity contribution in [3.63, 3.8) is 0 Å². The number of aliphatic hydroxyl groups is 1. The van der Waals surface area contributed by atoms with Gasteiger partial charge in [-0.2, -0.15) is 0 Å². The minimum absolute atomic E-state index is 0.00874. The number of benzene rings is 2. The smallest absolute Gasteiger partial charge is 0.129 e. The Morgan fingerprint density at radius 2 is 1.81 bits per heavy atom. The summed E-state index contributed by atoms with van der Waals surface area (Å²) >= 11 is 0. The molecule has 4 heteroatoms. The summed E-state index contributed by atoms with van der Waals surface area (Å²) in [6.07, 6.45) is 0.818. The number of aryl methyl sites for hydroxylation is 1. The lowest BCUT2D eigenvalue weighted by atomic mass is 10.1. The molecule has 112 valence electrons. The molecule has 0 aliphatic rings. The fraction of sp³-hybridized carbons (Fsp3) is 0.294. The molecule has 0 aliphatic carbocycles. The SMILES string of the molecule is OC(CNCCCc1ccccc1)c1cc(F)ccc1F. The lowest BCUT2D eigenvalue weighted by Crippen LogP contribution is -2.23. The number of nitrogens with one attached hydrogen (secondary N) is 1. The Morgan fingerprint density at radius 3 is 2.57 bits per heavy atom. The Hall–Kier alpha value is -1.78. The fourth-order valence-electron chi connectivity index (χ4n) is 2.18. The van der Waals surface area contributed by atoms with Gasteiger partial charge in [0, 0.05) is 12.1 Å². The first-order chi connectivity index (χ1) is 10.2. The summed E-state index contributed by atoms with van der Waals surface area (Å²) in [6.45, 7) is 0.915. The number of hydrogen-bond donors (Lipinski definition) is 2. The number of aliphatic hydroxyl groups excluding tert-OH is 1. The van der Waals surface area contributed by atoms with Crippen LogP contribution in [-0.2, 0) is 6.42 Å². The molecule has 0 saturated heterocycles. The summed E-state index contributed by atoms with van der Waals surface area (Å²) in [7, 11) is 0. The first-order valence-corrected chi connectivity index (χ1v) is 7.04. The van der Waals surface area contributed by atoms with Crippen LogP contribution in [0.15, 0.2) is 48.5 Å². The van der Waals surface area contributed by atoms with Gasteiger partial charge in [-0.3, -0.25) is 0 Å². The Labute approximate surface area is 123 Å². The highest BCUT2D eigenvalue weighted by Crippen LogP contribution is 2.17. The van der Waals surface area contributed by atoms with Crippen molar-refractivity contribution in [3.05, 3.63) is 71.3 Å². The molecule has 2 aromatic carbocycles. The van der Waals surface area contributed by atoms with E-state index in [1.807, 2.05) is 18.2 Å². The highest BCUT2D eigenvalue weighted by molar-refractivity contribution is 5.21. The van der Waals surface area contributed by atoms with Crippen molar-refractivity contribution >= 4 is 0 Å². The van der Waals surface area contributed by atoms with Gasteiger partial charge in [-0.1, -0.05) is 30.3 Å². The number of hydrogen-bond acceptors (Lipinski definition) is 2. The van der Waals surface area contributed by atoms with E-state index in [1.54, 1.807) is 0 Å². The molecular weight excluding hydrogens is 272 g/mol. The van der Waals surface area contributed by atoms with E-state index in [9.17, 15) is 13.9 Å². The van der Waals surface area contributed by atoms with Crippen LogP contribution in [0.3, 0.4) is 0 Å². The standard InChI is InChI=1S/C17H19F2NO/c18-14-8-9-16(19)15(11-14)17(21)12-20-10-4-7-13-5-2-1-3-6-13/h1-3,5-6,8-9,11,17,20-21H,4,7,10,12H2. The maximum Gasteiger partial charge on any atom is 0.129 e. The lowest BCUT2D eigenvalue weighted by Gasteiger charge is -2.13. The Bertz CT molecular complexity index is 560. The number of rotatable bonds is 7. The molecule has 2 rings (SSSR count). The van der Waals surface area contributed by atoms with Crippen molar-refractivity contribution < 1.29 is 13.9 Å². The van der Waals surface area contributed by atoms with Crippen LogP contribution in [0.2, 0.25) is 0 Å². The monoisotopic (exact) mass is 291 g/mol. The molecule has 2 nitrogen and oxygen atoms in total. The summed E-state index contributed by atoms with van der Waals surface area (Å²) in [6, 6.07) is 13.2. The summed E-state index contributed by atoms with van der Waals surface area (Å²) in [5.74, 6) is -1.13. The van der Waals surface area contributed by atoms with E-state index in [2.05, 4.69) is 17.4 Å². The summed E-state index contributed by atoms with van der Waals surface area (Å²) in [5, 5.41) is 12.9. The van der Waals surface area contributed by atoms with Crippen molar-refractivity contribution in [1.82, 2.24) is 5.32 Å². The third-order valence-corrected chi connectivity index (χ3v) is 3.32. The third kappa shape index (κ3) is 4.92. The largest absolute Gasteiger partial charge is 0.387 e. The molecule has 0 aromatic heterocycles. The first kappa shape index (κ1) is 15.6. The second-order valence-electron chi connectivity index (χ2n) is 4.97. The Balaban J connectivity index is 1.72. The minimum atomic E-state index is -1.04. The van der Waals surface area contributed by atoms with E-state index in [-0.39, 0.29) is 12.1 Å². The van der Waals surface area contributed by atoms with Crippen molar-refractivity contribution in [2.45, 2.75) is 18.9 Å². The molecule has 21 heavy (non-hydrogen) atoms. The van der Waals surface area contributed by atoms with Gasteiger partial charge in [0.25, 0.3) is 0 Å². The molecule has 0 aliphatic heterocycles. The highest BCUT2D eigenvalue weighted by atomic mass is 19.1. The van der Waals surface area contributed by atoms with E-state index in [4.69, 9.17) is 0 Å². The third-order valence-electron chi connectivity index (χ3n) is 3.32. The zero-order chi connectivity index (χ0) is 15.1. The summed E-state index contributed by atoms with van der Waals surface area (Å²) in [5.41, 5.74) is 1.25. The zero-order valence-electron chi connectivity index (χ0n) is 11.7. The van der Waals surface area contributed by atoms with E-state index in [1.165, 1.54) is 5.56 Å². The van der Waals surface area contributed by atoms with Gasteiger partial charge in [-0.25, -0.2) is 8.78 Å². The minimum Gasteiger partial charge on any atom is -0.387 e. The maximum absolute atomic E-state index is 13.5. The van der Waals surface area contributed by atoms with Crippen LogP contribution < -0.4 is 5.32 Å². The van der Waals surface area contributed by atoms with Gasteiger partial charge in [-0.15, -0.1) is 0 Å². The lowest BCUT2D eigenvalue weighted by molar-refractivity contribution is 0.169. The normalized spacial score (nSPS) is 12.3. The van der Waals surface area contributed by atoms with Gasteiger partial charge in [0.05, 0.1) is 6.10 Å². The fourth-order valence-corrected chi connectivity index (χ4v) is 2.18. The second-order valence-corrected chi connectivity index (χ2v) is 4.97. The topological polar surface area (TPSA) is 32.3 Å². The van der Waals surface area contributed by atoms with Crippen LogP contribution in [0.1, 0.15) is 23.7 Å². The van der Waals surface area contributed by atoms with Gasteiger partial charge >= 0.3 is 0 Å². The molecule has 0 saturated carbocycles. The maximum atomic E-state index is 13.5. The molecule has 0 bridgehead atoms. The van der Waals surface area contributed by atoms with Crippen LogP contribution in [0.4, 0.5) is 8.78 Å². The van der Waals surface area contributed by atoms with Crippen LogP contribution in [-0.4, -0.2) is 18.2 Å². The molecule has 2 N–H and O–H groups in total. The molecule has 2 aromatic rings. The van der Waals surface area contributed by atoms with E-state index in [0.717, 1.165) is 31.0 Å². The van der Waals surface area contributed by atoms with E-state index >= 15 is 0 Å². The van der Waals surface area contributed by atoms with Gasteiger partial charge in [-0.05, 0) is 43.1 Å². The molecule has 0 radical (unpaired) electrons. The quantitative estimate of drug-likeness (QED) is 0.768. The second kappa shape index (κ2) is 7.86. The van der Waals surface area contributed by atoms with E-state index < -0.39 is 17.7 Å². The van der Waals surface area contributed by atoms with Crippen LogP contribution >= 0.6 is 0 Å². The number of halogens is 2. The van der Waals surface area contributed by atoms with Gasteiger partial charge in [0.2, 0.25) is 0 Å². The average molecular weight is 291 g/mol. The molecule has 1 unspecified atom stereocenters. The predicted octanol–water partition coefficient (Wildman–Crippen LogP) is 3.22. The van der Waals surface area contributed by atoms with Crippen molar-refractivity contribution in [3.8, 4) is 0 Å². The van der Waals surface area contributed by atoms with Crippen LogP contribution in [0.5, 0.6) is 0 Å². The predicted molar refractivity (Wildman–Crippen MR) is 79.0 cm³/mol. The van der Waals surface area contributed by atoms with Crippen LogP contribution in [0, 0.1) is 11.6 Å². The summed E-state index contributed by atoms with van der Waals surface area (Å²) < 4.78 is 26.5. The molecular formula is C17H19F2NO. The zero-order valence-corrected chi connectivity index (χ0v) is 11.7. The molecule has 1 atom stereocenters.